The van der Waals surface area contributed by atoms with Crippen LogP contribution in [0.25, 0.3) is 0 Å². The molecule has 0 aliphatic heterocycles. The standard InChI is InChI=1S/C19H23NO/c1-21-14-17-4-2-3-16(11-17)13-20-12-15-5-7-18(8-6-15)19-9-10-19/h2-8,11,19-20H,9-10,12-14H2,1H3. The molecule has 0 amide bonds. The van der Waals surface area contributed by atoms with E-state index < -0.39 is 0 Å². The van der Waals surface area contributed by atoms with E-state index >= 15 is 0 Å². The van der Waals surface area contributed by atoms with Crippen molar-refractivity contribution < 1.29 is 4.74 Å². The van der Waals surface area contributed by atoms with Crippen LogP contribution in [0, 0.1) is 0 Å². The molecule has 0 bridgehead atoms. The highest BCUT2D eigenvalue weighted by Gasteiger charge is 2.22. The Kier molecular flexibility index (Phi) is 4.69. The summed E-state index contributed by atoms with van der Waals surface area (Å²) >= 11 is 0. The molecule has 2 aromatic carbocycles. The van der Waals surface area contributed by atoms with Crippen LogP contribution in [0.2, 0.25) is 0 Å². The Morgan fingerprint density at radius 2 is 1.67 bits per heavy atom. The number of hydrogen-bond acceptors (Lipinski definition) is 2. The summed E-state index contributed by atoms with van der Waals surface area (Å²) in [5.41, 5.74) is 5.39. The smallest absolute Gasteiger partial charge is 0.0713 e. The van der Waals surface area contributed by atoms with E-state index in [9.17, 15) is 0 Å². The van der Waals surface area contributed by atoms with Gasteiger partial charge in [-0.25, -0.2) is 0 Å². The molecule has 0 unspecified atom stereocenters. The summed E-state index contributed by atoms with van der Waals surface area (Å²) in [6, 6.07) is 17.6. The summed E-state index contributed by atoms with van der Waals surface area (Å²) in [5.74, 6) is 0.843. The monoisotopic (exact) mass is 281 g/mol. The quantitative estimate of drug-likeness (QED) is 0.828. The van der Waals surface area contributed by atoms with Gasteiger partial charge >= 0.3 is 0 Å². The average Bonchev–Trinajstić information content (AvgIpc) is 3.34. The molecule has 0 spiro atoms. The predicted octanol–water partition coefficient (Wildman–Crippen LogP) is 4.00. The molecule has 110 valence electrons. The van der Waals surface area contributed by atoms with E-state index in [4.69, 9.17) is 4.74 Å². The van der Waals surface area contributed by atoms with E-state index in [1.54, 1.807) is 7.11 Å². The number of methoxy groups -OCH3 is 1. The van der Waals surface area contributed by atoms with Crippen molar-refractivity contribution >= 4 is 0 Å². The predicted molar refractivity (Wildman–Crippen MR) is 86.1 cm³/mol. The first-order chi connectivity index (χ1) is 10.3. The van der Waals surface area contributed by atoms with E-state index in [1.807, 2.05) is 0 Å². The van der Waals surface area contributed by atoms with Gasteiger partial charge in [-0.15, -0.1) is 0 Å². The van der Waals surface area contributed by atoms with Crippen molar-refractivity contribution in [2.45, 2.75) is 38.5 Å². The fourth-order valence-corrected chi connectivity index (χ4v) is 2.67. The normalized spacial score (nSPS) is 14.3. The average molecular weight is 281 g/mol. The van der Waals surface area contributed by atoms with Crippen LogP contribution < -0.4 is 5.32 Å². The molecule has 2 heteroatoms. The van der Waals surface area contributed by atoms with Crippen LogP contribution in [0.1, 0.15) is 41.0 Å². The Labute approximate surface area is 127 Å². The van der Waals surface area contributed by atoms with Gasteiger partial charge in [0.2, 0.25) is 0 Å². The van der Waals surface area contributed by atoms with Crippen molar-refractivity contribution in [3.8, 4) is 0 Å². The Morgan fingerprint density at radius 3 is 2.38 bits per heavy atom. The Balaban J connectivity index is 1.49. The largest absolute Gasteiger partial charge is 0.380 e. The lowest BCUT2D eigenvalue weighted by Gasteiger charge is -2.08. The van der Waals surface area contributed by atoms with Gasteiger partial charge in [0.05, 0.1) is 6.61 Å². The Hall–Kier alpha value is -1.64. The molecular weight excluding hydrogens is 258 g/mol. The van der Waals surface area contributed by atoms with Crippen LogP contribution >= 0.6 is 0 Å². The number of ether oxygens (including phenoxy) is 1. The number of nitrogens with one attached hydrogen (secondary N) is 1. The van der Waals surface area contributed by atoms with Gasteiger partial charge in [0.1, 0.15) is 0 Å². The molecule has 1 fully saturated rings. The molecule has 2 nitrogen and oxygen atoms in total. The van der Waals surface area contributed by atoms with Crippen LogP contribution in [0.5, 0.6) is 0 Å². The van der Waals surface area contributed by atoms with E-state index in [0.29, 0.717) is 6.61 Å². The van der Waals surface area contributed by atoms with Crippen molar-refractivity contribution in [2.24, 2.45) is 0 Å². The van der Waals surface area contributed by atoms with Gasteiger partial charge in [0.25, 0.3) is 0 Å². The summed E-state index contributed by atoms with van der Waals surface area (Å²) < 4.78 is 5.17. The third kappa shape index (κ3) is 4.16. The molecule has 1 aliphatic rings. The van der Waals surface area contributed by atoms with Gasteiger partial charge in [-0.05, 0) is 41.0 Å². The second kappa shape index (κ2) is 6.88. The van der Waals surface area contributed by atoms with Crippen molar-refractivity contribution in [1.29, 1.82) is 0 Å². The minimum atomic E-state index is 0.677. The molecule has 0 saturated heterocycles. The number of hydrogen-bond donors (Lipinski definition) is 1. The molecule has 0 radical (unpaired) electrons. The lowest BCUT2D eigenvalue weighted by molar-refractivity contribution is 0.185. The fourth-order valence-electron chi connectivity index (χ4n) is 2.67. The summed E-state index contributed by atoms with van der Waals surface area (Å²) in [6.45, 7) is 2.48. The van der Waals surface area contributed by atoms with Crippen LogP contribution in [-0.4, -0.2) is 7.11 Å². The van der Waals surface area contributed by atoms with Gasteiger partial charge in [0, 0.05) is 20.2 Å². The second-order valence-electron chi connectivity index (χ2n) is 5.87. The number of benzene rings is 2. The van der Waals surface area contributed by atoms with Gasteiger partial charge in [-0.1, -0.05) is 48.5 Å². The molecule has 0 atom stereocenters. The summed E-state index contributed by atoms with van der Waals surface area (Å²) in [4.78, 5) is 0. The summed E-state index contributed by atoms with van der Waals surface area (Å²) in [7, 11) is 1.73. The van der Waals surface area contributed by atoms with E-state index in [0.717, 1.165) is 19.0 Å². The van der Waals surface area contributed by atoms with Gasteiger partial charge in [0.15, 0.2) is 0 Å². The first-order valence-corrected chi connectivity index (χ1v) is 7.71. The molecule has 3 rings (SSSR count). The molecule has 0 aromatic heterocycles. The van der Waals surface area contributed by atoms with Crippen molar-refractivity contribution in [2.75, 3.05) is 7.11 Å². The first kappa shape index (κ1) is 14.3. The van der Waals surface area contributed by atoms with Crippen molar-refractivity contribution in [3.63, 3.8) is 0 Å². The molecule has 0 heterocycles. The van der Waals surface area contributed by atoms with E-state index in [1.165, 1.54) is 35.1 Å². The van der Waals surface area contributed by atoms with Crippen LogP contribution in [0.3, 0.4) is 0 Å². The SMILES string of the molecule is COCc1cccc(CNCc2ccc(C3CC3)cc2)c1. The zero-order chi connectivity index (χ0) is 14.5. The van der Waals surface area contributed by atoms with E-state index in [2.05, 4.69) is 53.8 Å². The Morgan fingerprint density at radius 1 is 0.952 bits per heavy atom. The first-order valence-electron chi connectivity index (χ1n) is 7.71. The minimum absolute atomic E-state index is 0.677. The van der Waals surface area contributed by atoms with Gasteiger partial charge < -0.3 is 10.1 Å². The molecule has 1 N–H and O–H groups in total. The topological polar surface area (TPSA) is 21.3 Å². The highest BCUT2D eigenvalue weighted by atomic mass is 16.5. The lowest BCUT2D eigenvalue weighted by Crippen LogP contribution is -2.12. The zero-order valence-corrected chi connectivity index (χ0v) is 12.6. The van der Waals surface area contributed by atoms with Gasteiger partial charge in [-0.2, -0.15) is 0 Å². The second-order valence-corrected chi connectivity index (χ2v) is 5.87. The maximum absolute atomic E-state index is 5.17. The molecule has 21 heavy (non-hydrogen) atoms. The zero-order valence-electron chi connectivity index (χ0n) is 12.6. The third-order valence-electron chi connectivity index (χ3n) is 3.99. The van der Waals surface area contributed by atoms with Crippen LogP contribution in [0.15, 0.2) is 48.5 Å². The minimum Gasteiger partial charge on any atom is -0.380 e. The highest BCUT2D eigenvalue weighted by Crippen LogP contribution is 2.39. The molecule has 1 saturated carbocycles. The molecule has 2 aromatic rings. The highest BCUT2D eigenvalue weighted by molar-refractivity contribution is 5.28. The molecular formula is C19H23NO. The third-order valence-corrected chi connectivity index (χ3v) is 3.99. The van der Waals surface area contributed by atoms with Crippen molar-refractivity contribution in [3.05, 3.63) is 70.8 Å². The Bertz CT molecular complexity index is 572. The van der Waals surface area contributed by atoms with Crippen molar-refractivity contribution in [1.82, 2.24) is 5.32 Å². The maximum Gasteiger partial charge on any atom is 0.0713 e. The fraction of sp³-hybridized carbons (Fsp3) is 0.368. The van der Waals surface area contributed by atoms with Gasteiger partial charge in [-0.3, -0.25) is 0 Å². The molecule has 1 aliphatic carbocycles. The summed E-state index contributed by atoms with van der Waals surface area (Å²) in [6.07, 6.45) is 2.74. The van der Waals surface area contributed by atoms with Crippen LogP contribution in [0.4, 0.5) is 0 Å². The number of rotatable bonds is 7. The lowest BCUT2D eigenvalue weighted by atomic mass is 10.1. The van der Waals surface area contributed by atoms with Crippen LogP contribution in [-0.2, 0) is 24.4 Å². The maximum atomic E-state index is 5.17. The summed E-state index contributed by atoms with van der Waals surface area (Å²) in [5, 5.41) is 3.51. The van der Waals surface area contributed by atoms with E-state index in [-0.39, 0.29) is 0 Å².